The molecule has 1 atom stereocenters. The molecule has 1 amide bonds. The highest BCUT2D eigenvalue weighted by atomic mass is 16.4. The third-order valence-corrected chi connectivity index (χ3v) is 1.90. The Morgan fingerprint density at radius 3 is 2.14 bits per heavy atom. The third kappa shape index (κ3) is 4.25. The van der Waals surface area contributed by atoms with Crippen molar-refractivity contribution >= 4 is 11.9 Å². The topological polar surface area (TPSA) is 66.4 Å². The number of nitrogens with one attached hydrogen (secondary N) is 1. The number of rotatable bonds is 4. The molecule has 0 spiro atoms. The lowest BCUT2D eigenvalue weighted by Gasteiger charge is -2.27. The molecule has 2 N–H and O–H groups in total. The summed E-state index contributed by atoms with van der Waals surface area (Å²) in [5.74, 6) is -1.18. The fourth-order valence-corrected chi connectivity index (χ4v) is 1.11. The van der Waals surface area contributed by atoms with Crippen LogP contribution in [-0.4, -0.2) is 23.0 Å². The minimum absolute atomic E-state index is 0.199. The first-order valence-corrected chi connectivity index (χ1v) is 4.81. The van der Waals surface area contributed by atoms with Crippen LogP contribution >= 0.6 is 0 Å². The summed E-state index contributed by atoms with van der Waals surface area (Å²) in [6.45, 7) is 7.25. The number of amides is 1. The van der Waals surface area contributed by atoms with E-state index in [-0.39, 0.29) is 5.91 Å². The van der Waals surface area contributed by atoms with Gasteiger partial charge in [-0.1, -0.05) is 27.7 Å². The van der Waals surface area contributed by atoms with E-state index in [1.54, 1.807) is 20.8 Å². The van der Waals surface area contributed by atoms with Crippen molar-refractivity contribution in [3.63, 3.8) is 0 Å². The van der Waals surface area contributed by atoms with Crippen LogP contribution in [-0.2, 0) is 9.59 Å². The average molecular weight is 201 g/mol. The monoisotopic (exact) mass is 201 g/mol. The van der Waals surface area contributed by atoms with Gasteiger partial charge < -0.3 is 10.4 Å². The van der Waals surface area contributed by atoms with E-state index in [1.165, 1.54) is 0 Å². The Hall–Kier alpha value is -1.06. The summed E-state index contributed by atoms with van der Waals surface area (Å²) in [6, 6.07) is -0.818. The largest absolute Gasteiger partial charge is 0.480 e. The van der Waals surface area contributed by atoms with Crippen molar-refractivity contribution < 1.29 is 14.7 Å². The van der Waals surface area contributed by atoms with Gasteiger partial charge in [0.05, 0.1) is 0 Å². The van der Waals surface area contributed by atoms with Crippen LogP contribution in [0.2, 0.25) is 0 Å². The molecule has 0 bridgehead atoms. The molecule has 4 heteroatoms. The molecule has 14 heavy (non-hydrogen) atoms. The Labute approximate surface area is 84.7 Å². The second-order valence-corrected chi connectivity index (χ2v) is 4.45. The van der Waals surface area contributed by atoms with Crippen LogP contribution in [0.25, 0.3) is 0 Å². The zero-order valence-corrected chi connectivity index (χ0v) is 9.26. The predicted molar refractivity (Wildman–Crippen MR) is 53.9 cm³/mol. The highest BCUT2D eigenvalue weighted by Gasteiger charge is 2.32. The zero-order valence-electron chi connectivity index (χ0n) is 9.26. The second kappa shape index (κ2) is 4.98. The van der Waals surface area contributed by atoms with Crippen LogP contribution < -0.4 is 5.32 Å². The second-order valence-electron chi connectivity index (χ2n) is 4.45. The summed E-state index contributed by atoms with van der Waals surface area (Å²) in [5.41, 5.74) is -0.463. The number of carboxylic acids is 1. The van der Waals surface area contributed by atoms with Gasteiger partial charge in [-0.05, 0) is 11.8 Å². The molecular formula is C10H19NO3. The average Bonchev–Trinajstić information content (AvgIpc) is 1.98. The van der Waals surface area contributed by atoms with E-state index >= 15 is 0 Å². The Morgan fingerprint density at radius 2 is 1.86 bits per heavy atom. The van der Waals surface area contributed by atoms with Gasteiger partial charge in [0.1, 0.15) is 6.04 Å². The van der Waals surface area contributed by atoms with E-state index in [2.05, 4.69) is 5.32 Å². The number of carbonyl (C=O) groups excluding carboxylic acids is 1. The van der Waals surface area contributed by atoms with Gasteiger partial charge in [-0.15, -0.1) is 0 Å². The molecule has 0 heterocycles. The maximum atomic E-state index is 11.2. The number of carbonyl (C=O) groups is 2. The number of hydrogen-bond acceptors (Lipinski definition) is 2. The van der Waals surface area contributed by atoms with Gasteiger partial charge in [0.15, 0.2) is 0 Å². The summed E-state index contributed by atoms with van der Waals surface area (Å²) in [4.78, 5) is 22.1. The fourth-order valence-electron chi connectivity index (χ4n) is 1.11. The Kier molecular flexibility index (Phi) is 4.60. The minimum Gasteiger partial charge on any atom is -0.480 e. The quantitative estimate of drug-likeness (QED) is 0.722. The number of hydrogen-bond donors (Lipinski definition) is 2. The zero-order chi connectivity index (χ0) is 11.4. The van der Waals surface area contributed by atoms with Gasteiger partial charge in [0.25, 0.3) is 0 Å². The van der Waals surface area contributed by atoms with E-state index in [1.807, 2.05) is 6.92 Å². The molecular weight excluding hydrogens is 182 g/mol. The summed E-state index contributed by atoms with van der Waals surface area (Å²) in [6.07, 6.45) is 1.10. The predicted octanol–water partition coefficient (Wildman–Crippen LogP) is 1.40. The molecule has 1 unspecified atom stereocenters. The van der Waals surface area contributed by atoms with Crippen molar-refractivity contribution in [2.24, 2.45) is 5.41 Å². The van der Waals surface area contributed by atoms with Crippen molar-refractivity contribution in [2.45, 2.75) is 46.6 Å². The lowest BCUT2D eigenvalue weighted by Crippen LogP contribution is -2.49. The molecule has 0 aromatic carbocycles. The highest BCUT2D eigenvalue weighted by molar-refractivity contribution is 5.84. The molecule has 0 aliphatic carbocycles. The standard InChI is InChI=1S/C10H19NO3/c1-5-6-7(12)11-8(9(13)14)10(2,3)4/h8H,5-6H2,1-4H3,(H,11,12)(H,13,14). The molecule has 0 aromatic heterocycles. The maximum absolute atomic E-state index is 11.2. The number of aliphatic carboxylic acids is 1. The molecule has 82 valence electrons. The molecule has 0 saturated heterocycles. The first kappa shape index (κ1) is 12.9. The fraction of sp³-hybridized carbons (Fsp3) is 0.800. The summed E-state index contributed by atoms with van der Waals surface area (Å²) in [7, 11) is 0. The first-order chi connectivity index (χ1) is 6.29. The molecule has 4 nitrogen and oxygen atoms in total. The Morgan fingerprint density at radius 1 is 1.36 bits per heavy atom. The van der Waals surface area contributed by atoms with E-state index in [9.17, 15) is 9.59 Å². The molecule has 0 saturated carbocycles. The lowest BCUT2D eigenvalue weighted by atomic mass is 9.86. The Bertz CT molecular complexity index is 218. The van der Waals surface area contributed by atoms with E-state index in [0.717, 1.165) is 6.42 Å². The molecule has 0 rings (SSSR count). The van der Waals surface area contributed by atoms with E-state index < -0.39 is 17.4 Å². The van der Waals surface area contributed by atoms with Crippen LogP contribution in [0.1, 0.15) is 40.5 Å². The van der Waals surface area contributed by atoms with Gasteiger partial charge >= 0.3 is 5.97 Å². The van der Waals surface area contributed by atoms with Crippen LogP contribution in [0.3, 0.4) is 0 Å². The van der Waals surface area contributed by atoms with Crippen molar-refractivity contribution in [2.75, 3.05) is 0 Å². The third-order valence-electron chi connectivity index (χ3n) is 1.90. The maximum Gasteiger partial charge on any atom is 0.326 e. The van der Waals surface area contributed by atoms with Crippen LogP contribution in [0.4, 0.5) is 0 Å². The number of carboxylic acid groups (broad SMARTS) is 1. The van der Waals surface area contributed by atoms with Gasteiger partial charge in [0.2, 0.25) is 5.91 Å². The van der Waals surface area contributed by atoms with E-state index in [4.69, 9.17) is 5.11 Å². The Balaban J connectivity index is 4.40. The first-order valence-electron chi connectivity index (χ1n) is 4.81. The van der Waals surface area contributed by atoms with Crippen LogP contribution in [0.15, 0.2) is 0 Å². The van der Waals surface area contributed by atoms with Crippen molar-refractivity contribution in [3.8, 4) is 0 Å². The van der Waals surface area contributed by atoms with Crippen molar-refractivity contribution in [1.82, 2.24) is 5.32 Å². The lowest BCUT2D eigenvalue weighted by molar-refractivity contribution is -0.144. The summed E-state index contributed by atoms with van der Waals surface area (Å²) in [5, 5.41) is 11.4. The molecule has 0 aliphatic heterocycles. The van der Waals surface area contributed by atoms with Gasteiger partial charge in [-0.2, -0.15) is 0 Å². The SMILES string of the molecule is CCCC(=O)NC(C(=O)O)C(C)(C)C. The van der Waals surface area contributed by atoms with Gasteiger partial charge in [-0.25, -0.2) is 4.79 Å². The minimum atomic E-state index is -0.984. The van der Waals surface area contributed by atoms with E-state index in [0.29, 0.717) is 6.42 Å². The molecule has 0 fully saturated rings. The summed E-state index contributed by atoms with van der Waals surface area (Å²) < 4.78 is 0. The van der Waals surface area contributed by atoms with Crippen LogP contribution in [0, 0.1) is 5.41 Å². The van der Waals surface area contributed by atoms with Crippen molar-refractivity contribution in [3.05, 3.63) is 0 Å². The smallest absolute Gasteiger partial charge is 0.326 e. The van der Waals surface area contributed by atoms with Gasteiger partial charge in [-0.3, -0.25) is 4.79 Å². The molecule has 0 aromatic rings. The molecule has 0 radical (unpaired) electrons. The molecule has 0 aliphatic rings. The summed E-state index contributed by atoms with van der Waals surface area (Å²) >= 11 is 0. The highest BCUT2D eigenvalue weighted by Crippen LogP contribution is 2.19. The normalized spacial score (nSPS) is 13.4. The van der Waals surface area contributed by atoms with Crippen molar-refractivity contribution in [1.29, 1.82) is 0 Å². The van der Waals surface area contributed by atoms with Crippen LogP contribution in [0.5, 0.6) is 0 Å². The van der Waals surface area contributed by atoms with Gasteiger partial charge in [0, 0.05) is 6.42 Å².